The minimum absolute atomic E-state index is 0. The topological polar surface area (TPSA) is 27.6 Å². The number of hydrogen-bond donors (Lipinski definition) is 1. The number of halogens is 3. The van der Waals surface area contributed by atoms with E-state index in [4.69, 9.17) is 0 Å². The van der Waals surface area contributed by atoms with Gasteiger partial charge >= 0.3 is 0 Å². The van der Waals surface area contributed by atoms with Gasteiger partial charge in [0.15, 0.2) is 5.96 Å². The molecule has 0 saturated heterocycles. The molecule has 1 aromatic rings. The fraction of sp³-hybridized carbons (Fsp3) is 0.562. The van der Waals surface area contributed by atoms with Gasteiger partial charge in [-0.3, -0.25) is 4.99 Å². The molecular formula is C16H26F2IN3. The first-order valence-electron chi connectivity index (χ1n) is 7.52. The lowest BCUT2D eigenvalue weighted by Crippen LogP contribution is -2.39. The molecule has 0 fully saturated rings. The number of unbranched alkanes of at least 4 members (excludes halogenated alkanes) is 1. The van der Waals surface area contributed by atoms with Crippen molar-refractivity contribution in [1.82, 2.24) is 10.2 Å². The quantitative estimate of drug-likeness (QED) is 0.409. The number of aliphatic imine (C=N–C) groups is 1. The van der Waals surface area contributed by atoms with Crippen LogP contribution in [0.25, 0.3) is 0 Å². The Hall–Kier alpha value is -0.920. The molecule has 0 saturated carbocycles. The van der Waals surface area contributed by atoms with Crippen LogP contribution >= 0.6 is 24.0 Å². The summed E-state index contributed by atoms with van der Waals surface area (Å²) in [6, 6.07) is 3.93. The van der Waals surface area contributed by atoms with Crippen molar-refractivity contribution in [3.63, 3.8) is 0 Å². The minimum Gasteiger partial charge on any atom is -0.357 e. The second kappa shape index (κ2) is 11.6. The van der Waals surface area contributed by atoms with Crippen molar-refractivity contribution >= 4 is 29.9 Å². The zero-order valence-electron chi connectivity index (χ0n) is 13.5. The summed E-state index contributed by atoms with van der Waals surface area (Å²) in [5.74, 6) is -0.230. The van der Waals surface area contributed by atoms with Crippen molar-refractivity contribution in [1.29, 1.82) is 0 Å². The number of hydrogen-bond acceptors (Lipinski definition) is 1. The largest absolute Gasteiger partial charge is 0.357 e. The maximum atomic E-state index is 13.5. The van der Waals surface area contributed by atoms with Crippen LogP contribution < -0.4 is 5.32 Å². The highest BCUT2D eigenvalue weighted by atomic mass is 127. The normalized spacial score (nSPS) is 11.0. The Balaban J connectivity index is 0.00000441. The molecule has 0 amide bonds. The van der Waals surface area contributed by atoms with Crippen molar-refractivity contribution in [3.05, 3.63) is 35.4 Å². The summed E-state index contributed by atoms with van der Waals surface area (Å²) in [7, 11) is 1.97. The molecule has 0 atom stereocenters. The minimum atomic E-state index is -0.505. The van der Waals surface area contributed by atoms with Crippen molar-refractivity contribution in [2.75, 3.05) is 26.7 Å². The molecule has 22 heavy (non-hydrogen) atoms. The summed E-state index contributed by atoms with van der Waals surface area (Å²) in [5.41, 5.74) is 0.105. The van der Waals surface area contributed by atoms with Crippen LogP contribution in [0, 0.1) is 11.6 Å². The lowest BCUT2D eigenvalue weighted by atomic mass is 10.1. The molecule has 0 aliphatic carbocycles. The third kappa shape index (κ3) is 6.89. The van der Waals surface area contributed by atoms with E-state index in [-0.39, 0.29) is 36.0 Å². The zero-order chi connectivity index (χ0) is 15.7. The van der Waals surface area contributed by atoms with E-state index in [1.54, 1.807) is 0 Å². The molecule has 0 spiro atoms. The fourth-order valence-corrected chi connectivity index (χ4v) is 2.02. The smallest absolute Gasteiger partial charge is 0.193 e. The number of benzene rings is 1. The van der Waals surface area contributed by atoms with Crippen LogP contribution in [0.4, 0.5) is 8.78 Å². The SMILES string of the molecule is CCCCN(C)C(=NCCc1c(F)cccc1F)NCC.I. The molecule has 0 bridgehead atoms. The number of rotatable bonds is 7. The van der Waals surface area contributed by atoms with Crippen molar-refractivity contribution in [2.24, 2.45) is 4.99 Å². The molecule has 0 radical (unpaired) electrons. The first kappa shape index (κ1) is 21.1. The van der Waals surface area contributed by atoms with Crippen LogP contribution in [0.5, 0.6) is 0 Å². The van der Waals surface area contributed by atoms with Gasteiger partial charge in [-0.25, -0.2) is 8.78 Å². The molecule has 126 valence electrons. The first-order chi connectivity index (χ1) is 10.1. The van der Waals surface area contributed by atoms with Gasteiger partial charge < -0.3 is 10.2 Å². The van der Waals surface area contributed by atoms with Gasteiger partial charge in [0, 0.05) is 32.2 Å². The van der Waals surface area contributed by atoms with Crippen LogP contribution in [-0.2, 0) is 6.42 Å². The van der Waals surface area contributed by atoms with Gasteiger partial charge in [-0.05, 0) is 31.9 Å². The molecule has 0 aliphatic rings. The van der Waals surface area contributed by atoms with Gasteiger partial charge in [0.05, 0.1) is 0 Å². The third-order valence-corrected chi connectivity index (χ3v) is 3.23. The van der Waals surface area contributed by atoms with E-state index in [9.17, 15) is 8.78 Å². The summed E-state index contributed by atoms with van der Waals surface area (Å²) < 4.78 is 27.1. The Kier molecular flexibility index (Phi) is 11.1. The number of nitrogens with one attached hydrogen (secondary N) is 1. The maximum absolute atomic E-state index is 13.5. The average molecular weight is 425 g/mol. The molecule has 1 rings (SSSR count). The van der Waals surface area contributed by atoms with Gasteiger partial charge in [0.1, 0.15) is 11.6 Å². The predicted octanol–water partition coefficient (Wildman–Crippen LogP) is 3.82. The Labute approximate surface area is 149 Å². The summed E-state index contributed by atoms with van der Waals surface area (Å²) in [4.78, 5) is 6.49. The average Bonchev–Trinajstić information content (AvgIpc) is 2.46. The van der Waals surface area contributed by atoms with Crippen molar-refractivity contribution in [3.8, 4) is 0 Å². The standard InChI is InChI=1S/C16H25F2N3.HI/c1-4-6-12-21(3)16(19-5-2)20-11-10-13-14(17)8-7-9-15(13)18;/h7-9H,4-6,10-12H2,1-3H3,(H,19,20);1H. The Morgan fingerprint density at radius 1 is 1.23 bits per heavy atom. The maximum Gasteiger partial charge on any atom is 0.193 e. The second-order valence-electron chi connectivity index (χ2n) is 4.96. The van der Waals surface area contributed by atoms with Gasteiger partial charge in [0.2, 0.25) is 0 Å². The van der Waals surface area contributed by atoms with E-state index in [0.717, 1.165) is 31.9 Å². The van der Waals surface area contributed by atoms with Gasteiger partial charge in [-0.2, -0.15) is 0 Å². The van der Waals surface area contributed by atoms with E-state index < -0.39 is 11.6 Å². The van der Waals surface area contributed by atoms with Gasteiger partial charge in [0.25, 0.3) is 0 Å². The molecular weight excluding hydrogens is 399 g/mol. The Morgan fingerprint density at radius 2 is 1.86 bits per heavy atom. The van der Waals surface area contributed by atoms with E-state index in [1.807, 2.05) is 18.9 Å². The van der Waals surface area contributed by atoms with Crippen molar-refractivity contribution < 1.29 is 8.78 Å². The second-order valence-corrected chi connectivity index (χ2v) is 4.96. The van der Waals surface area contributed by atoms with E-state index in [0.29, 0.717) is 6.54 Å². The fourth-order valence-electron chi connectivity index (χ4n) is 2.02. The molecule has 0 aliphatic heterocycles. The number of guanidine groups is 1. The Morgan fingerprint density at radius 3 is 2.41 bits per heavy atom. The number of nitrogens with zero attached hydrogens (tertiary/aromatic N) is 2. The van der Waals surface area contributed by atoms with Crippen LogP contribution in [0.15, 0.2) is 23.2 Å². The van der Waals surface area contributed by atoms with Crippen LogP contribution in [0.1, 0.15) is 32.3 Å². The highest BCUT2D eigenvalue weighted by molar-refractivity contribution is 14.0. The summed E-state index contributed by atoms with van der Waals surface area (Å²) in [5, 5.41) is 3.20. The van der Waals surface area contributed by atoms with E-state index in [1.165, 1.54) is 18.2 Å². The zero-order valence-corrected chi connectivity index (χ0v) is 15.9. The summed E-state index contributed by atoms with van der Waals surface area (Å²) in [6.07, 6.45) is 2.46. The Bertz CT molecular complexity index is 446. The van der Waals surface area contributed by atoms with Crippen LogP contribution in [0.2, 0.25) is 0 Å². The predicted molar refractivity (Wildman–Crippen MR) is 99.0 cm³/mol. The molecule has 1 aromatic carbocycles. The highest BCUT2D eigenvalue weighted by Crippen LogP contribution is 2.12. The molecule has 3 nitrogen and oxygen atoms in total. The van der Waals surface area contributed by atoms with Crippen LogP contribution in [0.3, 0.4) is 0 Å². The molecule has 6 heteroatoms. The monoisotopic (exact) mass is 425 g/mol. The lowest BCUT2D eigenvalue weighted by Gasteiger charge is -2.21. The molecule has 0 unspecified atom stereocenters. The molecule has 1 N–H and O–H groups in total. The van der Waals surface area contributed by atoms with E-state index >= 15 is 0 Å². The first-order valence-corrected chi connectivity index (χ1v) is 7.52. The summed E-state index contributed by atoms with van der Waals surface area (Å²) >= 11 is 0. The van der Waals surface area contributed by atoms with Crippen LogP contribution in [-0.4, -0.2) is 37.5 Å². The molecule has 0 aromatic heterocycles. The third-order valence-electron chi connectivity index (χ3n) is 3.23. The van der Waals surface area contributed by atoms with Crippen molar-refractivity contribution in [2.45, 2.75) is 33.1 Å². The van der Waals surface area contributed by atoms with Gasteiger partial charge in [-0.1, -0.05) is 19.4 Å². The lowest BCUT2D eigenvalue weighted by molar-refractivity contribution is 0.464. The summed E-state index contributed by atoms with van der Waals surface area (Å²) in [6.45, 7) is 6.18. The molecule has 0 heterocycles. The highest BCUT2D eigenvalue weighted by Gasteiger charge is 2.09. The van der Waals surface area contributed by atoms with Gasteiger partial charge in [-0.15, -0.1) is 24.0 Å². The van der Waals surface area contributed by atoms with E-state index in [2.05, 4.69) is 17.2 Å².